The van der Waals surface area contributed by atoms with Crippen LogP contribution in [0.5, 0.6) is 5.75 Å². The Bertz CT molecular complexity index is 323. The molecule has 0 atom stereocenters. The molecule has 1 aromatic carbocycles. The first-order chi connectivity index (χ1) is 6.13. The minimum atomic E-state index is -1.15. The van der Waals surface area contributed by atoms with Crippen LogP contribution in [-0.2, 0) is 11.2 Å². The lowest BCUT2D eigenvalue weighted by Gasteiger charge is -2.08. The molecule has 0 heterocycles. The molecule has 4 heteroatoms. The SMILES string of the molecule is COc1ccc(Cl)cc1CC(=O)[O-]. The molecular formula is C9H8ClO3-. The van der Waals surface area contributed by atoms with Gasteiger partial charge in [-0.2, -0.15) is 0 Å². The maximum atomic E-state index is 10.3. The van der Waals surface area contributed by atoms with Crippen LogP contribution in [0, 0.1) is 0 Å². The number of benzene rings is 1. The number of halogens is 1. The number of hydrogen-bond acceptors (Lipinski definition) is 3. The molecule has 0 N–H and O–H groups in total. The fourth-order valence-corrected chi connectivity index (χ4v) is 1.24. The Kier molecular flexibility index (Phi) is 3.14. The molecule has 0 saturated carbocycles. The van der Waals surface area contributed by atoms with Crippen molar-refractivity contribution < 1.29 is 14.6 Å². The van der Waals surface area contributed by atoms with Crippen molar-refractivity contribution >= 4 is 17.6 Å². The van der Waals surface area contributed by atoms with Crippen molar-refractivity contribution in [2.45, 2.75) is 6.42 Å². The number of hydrogen-bond donors (Lipinski definition) is 0. The lowest BCUT2D eigenvalue weighted by molar-refractivity contribution is -0.304. The topological polar surface area (TPSA) is 49.4 Å². The Hall–Kier alpha value is -1.22. The molecule has 0 spiro atoms. The summed E-state index contributed by atoms with van der Waals surface area (Å²) >= 11 is 5.69. The minimum absolute atomic E-state index is 0.191. The molecule has 0 aliphatic rings. The van der Waals surface area contributed by atoms with Crippen LogP contribution in [0.15, 0.2) is 18.2 Å². The summed E-state index contributed by atoms with van der Waals surface area (Å²) in [7, 11) is 1.47. The van der Waals surface area contributed by atoms with E-state index in [2.05, 4.69) is 0 Å². The first-order valence-electron chi connectivity index (χ1n) is 3.65. The van der Waals surface area contributed by atoms with E-state index < -0.39 is 5.97 Å². The predicted octanol–water partition coefficient (Wildman–Crippen LogP) is 0.641. The Balaban J connectivity index is 3.01. The second-order valence-corrected chi connectivity index (χ2v) is 2.94. The van der Waals surface area contributed by atoms with E-state index in [1.54, 1.807) is 18.2 Å². The summed E-state index contributed by atoms with van der Waals surface area (Å²) in [5, 5.41) is 10.8. The number of methoxy groups -OCH3 is 1. The molecule has 0 bridgehead atoms. The van der Waals surface area contributed by atoms with Crippen LogP contribution >= 0.6 is 11.6 Å². The van der Waals surface area contributed by atoms with Crippen molar-refractivity contribution in [2.24, 2.45) is 0 Å². The molecule has 13 heavy (non-hydrogen) atoms. The van der Waals surface area contributed by atoms with Gasteiger partial charge in [0.25, 0.3) is 0 Å². The highest BCUT2D eigenvalue weighted by Gasteiger charge is 2.03. The zero-order valence-corrected chi connectivity index (χ0v) is 7.80. The highest BCUT2D eigenvalue weighted by Crippen LogP contribution is 2.22. The van der Waals surface area contributed by atoms with Crippen LogP contribution in [0.4, 0.5) is 0 Å². The molecule has 0 amide bonds. The Morgan fingerprint density at radius 1 is 1.62 bits per heavy atom. The van der Waals surface area contributed by atoms with Crippen LogP contribution in [0.3, 0.4) is 0 Å². The number of ether oxygens (including phenoxy) is 1. The normalized spacial score (nSPS) is 9.69. The van der Waals surface area contributed by atoms with Crippen molar-refractivity contribution in [3.05, 3.63) is 28.8 Å². The second kappa shape index (κ2) is 4.14. The van der Waals surface area contributed by atoms with Gasteiger partial charge in [-0.25, -0.2) is 0 Å². The monoisotopic (exact) mass is 199 g/mol. The fraction of sp³-hybridized carbons (Fsp3) is 0.222. The van der Waals surface area contributed by atoms with E-state index in [-0.39, 0.29) is 6.42 Å². The smallest absolute Gasteiger partial charge is 0.122 e. The molecular weight excluding hydrogens is 192 g/mol. The van der Waals surface area contributed by atoms with Crippen molar-refractivity contribution in [1.82, 2.24) is 0 Å². The third-order valence-corrected chi connectivity index (χ3v) is 1.81. The minimum Gasteiger partial charge on any atom is -0.550 e. The van der Waals surface area contributed by atoms with E-state index in [9.17, 15) is 9.90 Å². The molecule has 70 valence electrons. The zero-order chi connectivity index (χ0) is 9.84. The van der Waals surface area contributed by atoms with Crippen LogP contribution in [0.25, 0.3) is 0 Å². The molecule has 3 nitrogen and oxygen atoms in total. The van der Waals surface area contributed by atoms with Gasteiger partial charge < -0.3 is 14.6 Å². The van der Waals surface area contributed by atoms with E-state index >= 15 is 0 Å². The van der Waals surface area contributed by atoms with Gasteiger partial charge in [0.05, 0.1) is 7.11 Å². The van der Waals surface area contributed by atoms with Crippen molar-refractivity contribution in [2.75, 3.05) is 7.11 Å². The van der Waals surface area contributed by atoms with Crippen LogP contribution in [0.2, 0.25) is 5.02 Å². The molecule has 0 unspecified atom stereocenters. The van der Waals surface area contributed by atoms with E-state index in [1.807, 2.05) is 0 Å². The highest BCUT2D eigenvalue weighted by atomic mass is 35.5. The second-order valence-electron chi connectivity index (χ2n) is 2.50. The molecule has 0 aromatic heterocycles. The van der Waals surface area contributed by atoms with E-state index in [1.165, 1.54) is 7.11 Å². The zero-order valence-electron chi connectivity index (χ0n) is 7.04. The molecule has 0 fully saturated rings. The number of carbonyl (C=O) groups excluding carboxylic acids is 1. The average Bonchev–Trinajstić information content (AvgIpc) is 2.03. The summed E-state index contributed by atoms with van der Waals surface area (Å²) in [6, 6.07) is 4.82. The predicted molar refractivity (Wildman–Crippen MR) is 46.7 cm³/mol. The maximum absolute atomic E-state index is 10.3. The molecule has 1 rings (SSSR count). The molecule has 0 aliphatic heterocycles. The van der Waals surface area contributed by atoms with Crippen LogP contribution in [0.1, 0.15) is 5.56 Å². The van der Waals surface area contributed by atoms with Gasteiger partial charge >= 0.3 is 0 Å². The third-order valence-electron chi connectivity index (χ3n) is 1.58. The van der Waals surface area contributed by atoms with Crippen molar-refractivity contribution in [3.8, 4) is 5.75 Å². The van der Waals surface area contributed by atoms with Crippen LogP contribution in [-0.4, -0.2) is 13.1 Å². The summed E-state index contributed by atoms with van der Waals surface area (Å²) < 4.78 is 4.95. The standard InChI is InChI=1S/C9H9ClO3/c1-13-8-3-2-7(10)4-6(8)5-9(11)12/h2-4H,5H2,1H3,(H,11,12)/p-1. The van der Waals surface area contributed by atoms with Gasteiger partial charge in [-0.3, -0.25) is 0 Å². The van der Waals surface area contributed by atoms with Gasteiger partial charge in [0.2, 0.25) is 0 Å². The summed E-state index contributed by atoms with van der Waals surface area (Å²) in [5.41, 5.74) is 0.523. The Labute approximate surface area is 80.9 Å². The Morgan fingerprint density at radius 3 is 2.85 bits per heavy atom. The highest BCUT2D eigenvalue weighted by molar-refractivity contribution is 6.30. The van der Waals surface area contributed by atoms with Gasteiger partial charge in [0.15, 0.2) is 0 Å². The maximum Gasteiger partial charge on any atom is 0.122 e. The lowest BCUT2D eigenvalue weighted by atomic mass is 10.1. The van der Waals surface area contributed by atoms with E-state index in [0.717, 1.165) is 0 Å². The van der Waals surface area contributed by atoms with Gasteiger partial charge in [-0.15, -0.1) is 0 Å². The summed E-state index contributed by atoms with van der Waals surface area (Å²) in [6.07, 6.45) is -0.191. The quantitative estimate of drug-likeness (QED) is 0.718. The van der Waals surface area contributed by atoms with Gasteiger partial charge in [0.1, 0.15) is 5.75 Å². The molecule has 0 saturated heterocycles. The van der Waals surface area contributed by atoms with Gasteiger partial charge in [0, 0.05) is 23.0 Å². The number of rotatable bonds is 3. The lowest BCUT2D eigenvalue weighted by Crippen LogP contribution is -2.24. The third kappa shape index (κ3) is 2.63. The summed E-state index contributed by atoms with van der Waals surface area (Å²) in [6.45, 7) is 0. The fourth-order valence-electron chi connectivity index (χ4n) is 1.04. The Morgan fingerprint density at radius 2 is 2.31 bits per heavy atom. The first kappa shape index (κ1) is 9.86. The molecule has 1 aromatic rings. The average molecular weight is 200 g/mol. The van der Waals surface area contributed by atoms with E-state index in [4.69, 9.17) is 16.3 Å². The van der Waals surface area contributed by atoms with Gasteiger partial charge in [-0.05, 0) is 18.2 Å². The van der Waals surface area contributed by atoms with Gasteiger partial charge in [-0.1, -0.05) is 11.6 Å². The molecule has 0 aliphatic carbocycles. The summed E-state index contributed by atoms with van der Waals surface area (Å²) in [4.78, 5) is 10.3. The van der Waals surface area contributed by atoms with Crippen molar-refractivity contribution in [3.63, 3.8) is 0 Å². The number of carboxylic acid groups (broad SMARTS) is 1. The van der Waals surface area contributed by atoms with Crippen LogP contribution < -0.4 is 9.84 Å². The first-order valence-corrected chi connectivity index (χ1v) is 4.03. The van der Waals surface area contributed by atoms with E-state index in [0.29, 0.717) is 16.3 Å². The largest absolute Gasteiger partial charge is 0.550 e. The molecule has 0 radical (unpaired) electrons. The number of carboxylic acids is 1. The number of carbonyl (C=O) groups is 1. The number of aliphatic carboxylic acids is 1. The van der Waals surface area contributed by atoms with Crippen molar-refractivity contribution in [1.29, 1.82) is 0 Å². The summed E-state index contributed by atoms with van der Waals surface area (Å²) in [5.74, 6) is -0.644.